The number of hydrogen-bond donors (Lipinski definition) is 1. The van der Waals surface area contributed by atoms with E-state index in [-0.39, 0.29) is 11.0 Å². The Morgan fingerprint density at radius 3 is 3.00 bits per heavy atom. The third-order valence-electron chi connectivity index (χ3n) is 1.68. The number of aromatic nitrogens is 3. The van der Waals surface area contributed by atoms with Crippen molar-refractivity contribution in [3.63, 3.8) is 0 Å². The summed E-state index contributed by atoms with van der Waals surface area (Å²) in [5.74, 6) is -0.774. The fraction of sp³-hybridized carbons (Fsp3) is 0.111. The maximum atomic E-state index is 10.3. The second-order valence-corrected chi connectivity index (χ2v) is 4.29. The number of pyridine rings is 1. The molecule has 0 spiro atoms. The lowest BCUT2D eigenvalue weighted by molar-refractivity contribution is -0.133. The van der Waals surface area contributed by atoms with Gasteiger partial charge in [0.15, 0.2) is 0 Å². The van der Waals surface area contributed by atoms with Gasteiger partial charge in [-0.2, -0.15) is 4.98 Å². The van der Waals surface area contributed by atoms with E-state index in [1.165, 1.54) is 6.20 Å². The van der Waals surface area contributed by atoms with Crippen molar-refractivity contribution in [1.82, 2.24) is 15.1 Å². The van der Waals surface area contributed by atoms with E-state index in [1.807, 2.05) is 0 Å². The van der Waals surface area contributed by atoms with Gasteiger partial charge in [0.05, 0.1) is 5.02 Å². The summed E-state index contributed by atoms with van der Waals surface area (Å²) < 4.78 is 4.87. The van der Waals surface area contributed by atoms with Gasteiger partial charge >= 0.3 is 5.97 Å². The van der Waals surface area contributed by atoms with Crippen molar-refractivity contribution in [3.05, 3.63) is 23.4 Å². The molecule has 0 fully saturated rings. The summed E-state index contributed by atoms with van der Waals surface area (Å²) in [5.41, 5.74) is 0.514. The number of nitrogens with zero attached hydrogens (tertiary/aromatic N) is 3. The minimum Gasteiger partial charge on any atom is -0.481 e. The van der Waals surface area contributed by atoms with Gasteiger partial charge in [-0.25, -0.2) is 0 Å². The quantitative estimate of drug-likeness (QED) is 0.850. The molecule has 0 radical (unpaired) electrons. The number of aliphatic carboxylic acids is 1. The van der Waals surface area contributed by atoms with Gasteiger partial charge in [-0.1, -0.05) is 28.5 Å². The maximum Gasteiger partial charge on any atom is 0.314 e. The summed E-state index contributed by atoms with van der Waals surface area (Å²) in [6.45, 7) is 0. The number of carboxylic acid groups (broad SMARTS) is 1. The molecule has 1 N–H and O–H groups in total. The summed E-state index contributed by atoms with van der Waals surface area (Å²) >= 11 is 6.65. The van der Waals surface area contributed by atoms with Crippen LogP contribution in [-0.2, 0) is 4.79 Å². The van der Waals surface area contributed by atoms with Crippen molar-refractivity contribution in [2.75, 3.05) is 5.75 Å². The van der Waals surface area contributed by atoms with Crippen LogP contribution < -0.4 is 0 Å². The molecule has 2 heterocycles. The van der Waals surface area contributed by atoms with E-state index in [0.29, 0.717) is 16.5 Å². The molecule has 88 valence electrons. The Hall–Kier alpha value is -1.60. The molecule has 2 aromatic rings. The molecule has 0 amide bonds. The highest BCUT2D eigenvalue weighted by atomic mass is 35.5. The van der Waals surface area contributed by atoms with Crippen LogP contribution in [-0.4, -0.2) is 32.0 Å². The Kier molecular flexibility index (Phi) is 3.60. The molecule has 17 heavy (non-hydrogen) atoms. The first-order valence-electron chi connectivity index (χ1n) is 4.45. The number of carboxylic acids is 1. The molecule has 8 heteroatoms. The minimum absolute atomic E-state index is 0.129. The van der Waals surface area contributed by atoms with Crippen molar-refractivity contribution in [1.29, 1.82) is 0 Å². The van der Waals surface area contributed by atoms with Crippen LogP contribution in [0.4, 0.5) is 0 Å². The minimum atomic E-state index is -0.945. The average Bonchev–Trinajstić information content (AvgIpc) is 2.76. The molecule has 0 bridgehead atoms. The predicted octanol–water partition coefficient (Wildman–Crippen LogP) is 1.96. The van der Waals surface area contributed by atoms with Gasteiger partial charge in [-0.15, -0.1) is 0 Å². The van der Waals surface area contributed by atoms with Crippen LogP contribution >= 0.6 is 23.4 Å². The normalized spacial score (nSPS) is 10.4. The molecule has 2 rings (SSSR count). The smallest absolute Gasteiger partial charge is 0.314 e. The zero-order chi connectivity index (χ0) is 12.3. The Labute approximate surface area is 105 Å². The van der Waals surface area contributed by atoms with Crippen molar-refractivity contribution in [2.45, 2.75) is 5.22 Å². The molecule has 6 nitrogen and oxygen atoms in total. The molecule has 0 atom stereocenters. The third-order valence-corrected chi connectivity index (χ3v) is 2.71. The van der Waals surface area contributed by atoms with Crippen LogP contribution in [0, 0.1) is 0 Å². The van der Waals surface area contributed by atoms with Crippen LogP contribution in [0.1, 0.15) is 0 Å². The monoisotopic (exact) mass is 271 g/mol. The Bertz CT molecular complexity index is 529. The Morgan fingerprint density at radius 2 is 2.35 bits per heavy atom. The predicted molar refractivity (Wildman–Crippen MR) is 60.9 cm³/mol. The number of carbonyl (C=O) groups is 1. The molecule has 0 aliphatic rings. The molecule has 0 saturated carbocycles. The summed E-state index contributed by atoms with van der Waals surface area (Å²) in [5, 5.41) is 12.9. The van der Waals surface area contributed by atoms with Gasteiger partial charge in [0.2, 0.25) is 5.82 Å². The summed E-state index contributed by atoms with van der Waals surface area (Å²) in [4.78, 5) is 18.4. The van der Waals surface area contributed by atoms with Gasteiger partial charge < -0.3 is 9.63 Å². The van der Waals surface area contributed by atoms with Crippen LogP contribution in [0.25, 0.3) is 11.5 Å². The van der Waals surface area contributed by atoms with Crippen molar-refractivity contribution < 1.29 is 14.4 Å². The topological polar surface area (TPSA) is 89.1 Å². The molecule has 0 aliphatic carbocycles. The third kappa shape index (κ3) is 3.18. The highest BCUT2D eigenvalue weighted by Gasteiger charge is 2.11. The van der Waals surface area contributed by atoms with E-state index < -0.39 is 5.97 Å². The average molecular weight is 272 g/mol. The number of rotatable bonds is 4. The van der Waals surface area contributed by atoms with Crippen LogP contribution in [0.3, 0.4) is 0 Å². The van der Waals surface area contributed by atoms with Crippen LogP contribution in [0.15, 0.2) is 28.1 Å². The lowest BCUT2D eigenvalue weighted by Crippen LogP contribution is -1.97. The van der Waals surface area contributed by atoms with Gasteiger partial charge in [-0.05, 0) is 12.1 Å². The van der Waals surface area contributed by atoms with Gasteiger partial charge in [-0.3, -0.25) is 9.78 Å². The van der Waals surface area contributed by atoms with Gasteiger partial charge in [0.1, 0.15) is 11.4 Å². The molecule has 0 unspecified atom stereocenters. The first-order chi connectivity index (χ1) is 8.15. The van der Waals surface area contributed by atoms with Gasteiger partial charge in [0.25, 0.3) is 5.22 Å². The second-order valence-electron chi connectivity index (χ2n) is 2.93. The van der Waals surface area contributed by atoms with Crippen molar-refractivity contribution >= 4 is 29.3 Å². The molecule has 0 saturated heterocycles. The van der Waals surface area contributed by atoms with E-state index in [4.69, 9.17) is 21.2 Å². The molecular formula is C9H6ClN3O3S. The zero-order valence-electron chi connectivity index (χ0n) is 8.33. The summed E-state index contributed by atoms with van der Waals surface area (Å²) in [6.07, 6.45) is 1.47. The summed E-state index contributed by atoms with van der Waals surface area (Å²) in [6, 6.07) is 3.31. The van der Waals surface area contributed by atoms with E-state index in [9.17, 15) is 4.79 Å². The lowest BCUT2D eigenvalue weighted by Gasteiger charge is -1.92. The van der Waals surface area contributed by atoms with E-state index in [2.05, 4.69) is 15.1 Å². The van der Waals surface area contributed by atoms with Crippen LogP contribution in [0.2, 0.25) is 5.02 Å². The second kappa shape index (κ2) is 5.15. The molecular weight excluding hydrogens is 266 g/mol. The number of thioether (sulfide) groups is 1. The maximum absolute atomic E-state index is 10.3. The Balaban J connectivity index is 2.12. The van der Waals surface area contributed by atoms with E-state index in [1.54, 1.807) is 12.1 Å². The number of hydrogen-bond acceptors (Lipinski definition) is 6. The standard InChI is InChI=1S/C9H6ClN3O3S/c10-5-1-2-6(11-3-5)8-12-9(16-13-8)17-4-7(14)15/h1-3H,4H2,(H,14,15). The largest absolute Gasteiger partial charge is 0.481 e. The SMILES string of the molecule is O=C(O)CSc1nc(-c2ccc(Cl)cn2)no1. The van der Waals surface area contributed by atoms with Crippen LogP contribution in [0.5, 0.6) is 0 Å². The molecule has 0 aromatic carbocycles. The highest BCUT2D eigenvalue weighted by Crippen LogP contribution is 2.20. The first-order valence-corrected chi connectivity index (χ1v) is 5.82. The fourth-order valence-corrected chi connectivity index (χ4v) is 1.60. The molecule has 0 aliphatic heterocycles. The van der Waals surface area contributed by atoms with Crippen molar-refractivity contribution in [3.8, 4) is 11.5 Å². The Morgan fingerprint density at radius 1 is 1.53 bits per heavy atom. The highest BCUT2D eigenvalue weighted by molar-refractivity contribution is 7.99. The van der Waals surface area contributed by atoms with Crippen molar-refractivity contribution in [2.24, 2.45) is 0 Å². The molecule has 2 aromatic heterocycles. The zero-order valence-corrected chi connectivity index (χ0v) is 9.90. The van der Waals surface area contributed by atoms with Gasteiger partial charge in [0, 0.05) is 6.20 Å². The van der Waals surface area contributed by atoms with E-state index in [0.717, 1.165) is 11.8 Å². The number of halogens is 1. The first kappa shape index (κ1) is 11.9. The lowest BCUT2D eigenvalue weighted by atomic mass is 10.3. The van der Waals surface area contributed by atoms with E-state index >= 15 is 0 Å². The summed E-state index contributed by atoms with van der Waals surface area (Å²) in [7, 11) is 0. The fourth-order valence-electron chi connectivity index (χ4n) is 1.00.